The Morgan fingerprint density at radius 1 is 1.00 bits per heavy atom. The second-order valence-electron chi connectivity index (χ2n) is 6.43. The number of rotatable bonds is 1. The third-order valence-corrected chi connectivity index (χ3v) is 4.20. The molecule has 0 amide bonds. The van der Waals surface area contributed by atoms with Crippen LogP contribution in [0.3, 0.4) is 0 Å². The van der Waals surface area contributed by atoms with Crippen molar-refractivity contribution in [3.63, 3.8) is 0 Å². The first-order chi connectivity index (χ1) is 8.66. The Kier molecular flexibility index (Phi) is 2.92. The van der Waals surface area contributed by atoms with Gasteiger partial charge in [-0.05, 0) is 31.4 Å². The van der Waals surface area contributed by atoms with Crippen molar-refractivity contribution in [3.05, 3.63) is 45.1 Å². The third kappa shape index (κ3) is 2.01. The SMILES string of the molecule is CC(C)(C)C(C)(C)n1c(=O)[nH]c2ccccc2c1=O. The highest BCUT2D eigenvalue weighted by Gasteiger charge is 2.37. The lowest BCUT2D eigenvalue weighted by molar-refractivity contribution is 0.130. The van der Waals surface area contributed by atoms with Gasteiger partial charge >= 0.3 is 5.69 Å². The van der Waals surface area contributed by atoms with Gasteiger partial charge in [-0.2, -0.15) is 0 Å². The molecule has 0 saturated heterocycles. The zero-order valence-corrected chi connectivity index (χ0v) is 12.1. The maximum Gasteiger partial charge on any atom is 0.329 e. The van der Waals surface area contributed by atoms with Crippen molar-refractivity contribution in [1.29, 1.82) is 0 Å². The van der Waals surface area contributed by atoms with E-state index in [-0.39, 0.29) is 16.7 Å². The maximum absolute atomic E-state index is 12.6. The average molecular weight is 260 g/mol. The van der Waals surface area contributed by atoms with Crippen LogP contribution in [-0.2, 0) is 5.54 Å². The van der Waals surface area contributed by atoms with Gasteiger partial charge in [0.05, 0.1) is 16.4 Å². The van der Waals surface area contributed by atoms with Crippen LogP contribution in [0.2, 0.25) is 0 Å². The first kappa shape index (κ1) is 13.6. The molecule has 1 heterocycles. The number of fused-ring (bicyclic) bond motifs is 1. The molecule has 2 rings (SSSR count). The molecule has 0 saturated carbocycles. The summed E-state index contributed by atoms with van der Waals surface area (Å²) in [6, 6.07) is 7.09. The van der Waals surface area contributed by atoms with Gasteiger partial charge in [-0.25, -0.2) is 4.79 Å². The summed E-state index contributed by atoms with van der Waals surface area (Å²) in [5, 5.41) is 0.541. The van der Waals surface area contributed by atoms with Gasteiger partial charge in [0, 0.05) is 0 Å². The minimum Gasteiger partial charge on any atom is -0.307 e. The van der Waals surface area contributed by atoms with Gasteiger partial charge in [-0.3, -0.25) is 9.36 Å². The Bertz CT molecular complexity index is 730. The lowest BCUT2D eigenvalue weighted by Gasteiger charge is -2.39. The fraction of sp³-hybridized carbons (Fsp3) is 0.467. The van der Waals surface area contributed by atoms with Crippen molar-refractivity contribution in [2.24, 2.45) is 5.41 Å². The van der Waals surface area contributed by atoms with E-state index in [1.165, 1.54) is 4.57 Å². The van der Waals surface area contributed by atoms with Crippen LogP contribution in [0.1, 0.15) is 34.6 Å². The van der Waals surface area contributed by atoms with Gasteiger partial charge in [-0.15, -0.1) is 0 Å². The van der Waals surface area contributed by atoms with Crippen molar-refractivity contribution in [2.45, 2.75) is 40.2 Å². The smallest absolute Gasteiger partial charge is 0.307 e. The summed E-state index contributed by atoms with van der Waals surface area (Å²) in [5.41, 5.74) is -0.810. The van der Waals surface area contributed by atoms with E-state index < -0.39 is 5.54 Å². The van der Waals surface area contributed by atoms with Gasteiger partial charge in [-0.1, -0.05) is 32.9 Å². The standard InChI is InChI=1S/C15H20N2O2/c1-14(2,3)15(4,5)17-12(18)10-8-6-7-9-11(10)16-13(17)19/h6-9H,1-5H3,(H,16,19). The molecule has 0 aliphatic heterocycles. The summed E-state index contributed by atoms with van der Waals surface area (Å²) in [7, 11) is 0. The molecule has 2 aromatic rings. The molecule has 102 valence electrons. The summed E-state index contributed by atoms with van der Waals surface area (Å²) >= 11 is 0. The number of benzene rings is 1. The number of nitrogens with zero attached hydrogens (tertiary/aromatic N) is 1. The molecular weight excluding hydrogens is 240 g/mol. The number of nitrogens with one attached hydrogen (secondary N) is 1. The normalized spacial score (nSPS) is 12.9. The second kappa shape index (κ2) is 4.08. The lowest BCUT2D eigenvalue weighted by atomic mass is 9.76. The maximum atomic E-state index is 12.6. The number of hydrogen-bond acceptors (Lipinski definition) is 2. The van der Waals surface area contributed by atoms with Crippen LogP contribution < -0.4 is 11.2 Å². The molecule has 1 N–H and O–H groups in total. The Morgan fingerprint density at radius 3 is 2.16 bits per heavy atom. The average Bonchev–Trinajstić information content (AvgIpc) is 2.27. The molecule has 4 nitrogen and oxygen atoms in total. The van der Waals surface area contributed by atoms with Crippen molar-refractivity contribution < 1.29 is 0 Å². The molecule has 0 aliphatic rings. The minimum atomic E-state index is -0.582. The zero-order valence-electron chi connectivity index (χ0n) is 12.1. The summed E-state index contributed by atoms with van der Waals surface area (Å²) < 4.78 is 1.33. The highest BCUT2D eigenvalue weighted by atomic mass is 16.2. The van der Waals surface area contributed by atoms with Crippen LogP contribution in [0.5, 0.6) is 0 Å². The quantitative estimate of drug-likeness (QED) is 0.856. The van der Waals surface area contributed by atoms with Crippen molar-refractivity contribution in [3.8, 4) is 0 Å². The van der Waals surface area contributed by atoms with Gasteiger partial charge in [0.15, 0.2) is 0 Å². The van der Waals surface area contributed by atoms with Gasteiger partial charge in [0.25, 0.3) is 5.56 Å². The molecule has 0 aliphatic carbocycles. The number of aromatic nitrogens is 2. The van der Waals surface area contributed by atoms with Crippen LogP contribution in [0.15, 0.2) is 33.9 Å². The Balaban J connectivity index is 2.90. The molecule has 0 spiro atoms. The molecule has 0 radical (unpaired) electrons. The largest absolute Gasteiger partial charge is 0.329 e. The topological polar surface area (TPSA) is 54.9 Å². The molecule has 4 heteroatoms. The van der Waals surface area contributed by atoms with E-state index in [1.54, 1.807) is 24.3 Å². The monoisotopic (exact) mass is 260 g/mol. The van der Waals surface area contributed by atoms with E-state index >= 15 is 0 Å². The molecule has 1 aromatic carbocycles. The summed E-state index contributed by atoms with van der Waals surface area (Å²) in [6.45, 7) is 9.90. The predicted molar refractivity (Wildman–Crippen MR) is 77.6 cm³/mol. The summed E-state index contributed by atoms with van der Waals surface area (Å²) in [6.07, 6.45) is 0. The highest BCUT2D eigenvalue weighted by Crippen LogP contribution is 2.34. The third-order valence-electron chi connectivity index (χ3n) is 4.20. The summed E-state index contributed by atoms with van der Waals surface area (Å²) in [4.78, 5) is 27.6. The highest BCUT2D eigenvalue weighted by molar-refractivity contribution is 5.76. The van der Waals surface area contributed by atoms with Crippen LogP contribution in [0.4, 0.5) is 0 Å². The van der Waals surface area contributed by atoms with Gasteiger partial charge in [0.1, 0.15) is 0 Å². The first-order valence-electron chi connectivity index (χ1n) is 6.41. The lowest BCUT2D eigenvalue weighted by Crippen LogP contribution is -2.52. The minimum absolute atomic E-state index is 0.216. The number of hydrogen-bond donors (Lipinski definition) is 1. The van der Waals surface area contributed by atoms with E-state index in [0.29, 0.717) is 10.9 Å². The van der Waals surface area contributed by atoms with Crippen molar-refractivity contribution >= 4 is 10.9 Å². The van der Waals surface area contributed by atoms with E-state index in [0.717, 1.165) is 0 Å². The van der Waals surface area contributed by atoms with E-state index in [9.17, 15) is 9.59 Å². The molecule has 0 fully saturated rings. The fourth-order valence-electron chi connectivity index (χ4n) is 2.01. The molecule has 1 aromatic heterocycles. The molecule has 19 heavy (non-hydrogen) atoms. The fourth-order valence-corrected chi connectivity index (χ4v) is 2.01. The zero-order chi connectivity index (χ0) is 14.4. The Morgan fingerprint density at radius 2 is 1.58 bits per heavy atom. The van der Waals surface area contributed by atoms with E-state index in [2.05, 4.69) is 4.98 Å². The van der Waals surface area contributed by atoms with E-state index in [4.69, 9.17) is 0 Å². The number of para-hydroxylation sites is 1. The Hall–Kier alpha value is -1.84. The summed E-state index contributed by atoms with van der Waals surface area (Å²) in [5.74, 6) is 0. The molecular formula is C15H20N2O2. The van der Waals surface area contributed by atoms with Gasteiger partial charge in [0.2, 0.25) is 0 Å². The van der Waals surface area contributed by atoms with Crippen LogP contribution in [-0.4, -0.2) is 9.55 Å². The molecule has 0 atom stereocenters. The second-order valence-corrected chi connectivity index (χ2v) is 6.43. The number of H-pyrrole nitrogens is 1. The van der Waals surface area contributed by atoms with Gasteiger partial charge < -0.3 is 4.98 Å². The first-order valence-corrected chi connectivity index (χ1v) is 6.41. The molecule has 0 unspecified atom stereocenters. The van der Waals surface area contributed by atoms with Crippen LogP contribution in [0.25, 0.3) is 10.9 Å². The number of aromatic amines is 1. The molecule has 0 bridgehead atoms. The Labute approximate surface area is 112 Å². The van der Waals surface area contributed by atoms with Crippen LogP contribution in [0, 0.1) is 5.41 Å². The van der Waals surface area contributed by atoms with Crippen molar-refractivity contribution in [1.82, 2.24) is 9.55 Å². The van der Waals surface area contributed by atoms with E-state index in [1.807, 2.05) is 34.6 Å². The van der Waals surface area contributed by atoms with Crippen molar-refractivity contribution in [2.75, 3.05) is 0 Å². The predicted octanol–water partition coefficient (Wildman–Crippen LogP) is 2.47. The van der Waals surface area contributed by atoms with Crippen LogP contribution >= 0.6 is 0 Å².